The number of carbonyl (C=O) groups is 2. The van der Waals surface area contributed by atoms with Crippen molar-refractivity contribution in [3.63, 3.8) is 0 Å². The van der Waals surface area contributed by atoms with Crippen molar-refractivity contribution in [2.75, 3.05) is 31.5 Å². The lowest BCUT2D eigenvalue weighted by Gasteiger charge is -2.32. The number of H-pyrrole nitrogens is 1. The molecule has 0 bridgehead atoms. The lowest BCUT2D eigenvalue weighted by Crippen LogP contribution is -2.48. The molecule has 1 saturated heterocycles. The Morgan fingerprint density at radius 1 is 0.969 bits per heavy atom. The van der Waals surface area contributed by atoms with E-state index in [0.717, 1.165) is 34.4 Å². The molecule has 0 spiro atoms. The fourth-order valence-corrected chi connectivity index (χ4v) is 3.73. The van der Waals surface area contributed by atoms with Crippen LogP contribution in [0, 0.1) is 0 Å². The van der Waals surface area contributed by atoms with E-state index in [1.54, 1.807) is 22.2 Å². The molecular weight excluding hydrogens is 406 g/mol. The first kappa shape index (κ1) is 19.7. The Balaban J connectivity index is 1.33. The smallest absolute Gasteiger partial charge is 0.270 e. The third-order valence-corrected chi connectivity index (χ3v) is 5.44. The third kappa shape index (κ3) is 4.00. The molecule has 0 radical (unpaired) electrons. The number of fused-ring (bicyclic) bond motifs is 1. The first-order valence-corrected chi connectivity index (χ1v) is 10.3. The van der Waals surface area contributed by atoms with Crippen LogP contribution < -0.4 is 5.32 Å². The highest BCUT2D eigenvalue weighted by molar-refractivity contribution is 5.98. The van der Waals surface area contributed by atoms with E-state index >= 15 is 0 Å². The van der Waals surface area contributed by atoms with Gasteiger partial charge in [0.05, 0.1) is 11.4 Å². The van der Waals surface area contributed by atoms with Gasteiger partial charge in [-0.3, -0.25) is 14.6 Å². The highest BCUT2D eigenvalue weighted by Crippen LogP contribution is 2.23. The summed E-state index contributed by atoms with van der Waals surface area (Å²) in [5, 5.41) is 4.13. The third-order valence-electron chi connectivity index (χ3n) is 5.44. The Morgan fingerprint density at radius 2 is 1.84 bits per heavy atom. The number of nitrogens with zero attached hydrogens (tertiary/aromatic N) is 5. The molecule has 1 aliphatic heterocycles. The number of pyridine rings is 1. The molecule has 4 heterocycles. The largest absolute Gasteiger partial charge is 0.351 e. The van der Waals surface area contributed by atoms with Gasteiger partial charge in [0.1, 0.15) is 5.69 Å². The van der Waals surface area contributed by atoms with Gasteiger partial charge in [0.2, 0.25) is 12.4 Å². The molecule has 1 aromatic carbocycles. The number of piperazine rings is 1. The highest BCUT2D eigenvalue weighted by Gasteiger charge is 2.22. The number of aromatic amines is 1. The molecule has 2 N–H and O–H groups in total. The van der Waals surface area contributed by atoms with Crippen LogP contribution in [-0.2, 0) is 4.79 Å². The van der Waals surface area contributed by atoms with E-state index in [-0.39, 0.29) is 5.91 Å². The Morgan fingerprint density at radius 3 is 2.62 bits per heavy atom. The van der Waals surface area contributed by atoms with Gasteiger partial charge in [-0.05, 0) is 42.5 Å². The maximum atomic E-state index is 12.9. The number of nitrogens with one attached hydrogen (secondary N) is 2. The molecule has 9 nitrogen and oxygen atoms in total. The van der Waals surface area contributed by atoms with Gasteiger partial charge in [-0.1, -0.05) is 6.07 Å². The molecule has 1 aliphatic rings. The summed E-state index contributed by atoms with van der Waals surface area (Å²) in [6, 6.07) is 15.1. The van der Waals surface area contributed by atoms with Gasteiger partial charge in [0, 0.05) is 55.2 Å². The molecule has 0 unspecified atom stereocenters. The first-order chi connectivity index (χ1) is 15.7. The van der Waals surface area contributed by atoms with Gasteiger partial charge in [-0.25, -0.2) is 9.97 Å². The van der Waals surface area contributed by atoms with Gasteiger partial charge >= 0.3 is 0 Å². The van der Waals surface area contributed by atoms with E-state index < -0.39 is 0 Å². The van der Waals surface area contributed by atoms with Crippen molar-refractivity contribution < 1.29 is 9.59 Å². The molecular formula is C23H21N7O2. The number of hydrogen-bond donors (Lipinski definition) is 2. The first-order valence-electron chi connectivity index (χ1n) is 10.3. The Labute approximate surface area is 184 Å². The fraction of sp³-hybridized carbons (Fsp3) is 0.174. The van der Waals surface area contributed by atoms with Gasteiger partial charge in [0.15, 0.2) is 0 Å². The monoisotopic (exact) mass is 427 g/mol. The molecule has 0 atom stereocenters. The quantitative estimate of drug-likeness (QED) is 0.474. The zero-order chi connectivity index (χ0) is 21.9. The average molecular weight is 427 g/mol. The summed E-state index contributed by atoms with van der Waals surface area (Å²) in [7, 11) is 0. The van der Waals surface area contributed by atoms with Gasteiger partial charge in [-0.2, -0.15) is 0 Å². The van der Waals surface area contributed by atoms with E-state index in [4.69, 9.17) is 0 Å². The van der Waals surface area contributed by atoms with Crippen LogP contribution in [0.5, 0.6) is 0 Å². The second-order valence-electron chi connectivity index (χ2n) is 7.52. The number of aromatic nitrogens is 4. The van der Waals surface area contributed by atoms with Crippen LogP contribution >= 0.6 is 0 Å². The lowest BCUT2D eigenvalue weighted by atomic mass is 10.2. The average Bonchev–Trinajstić information content (AvgIpc) is 3.28. The predicted octanol–water partition coefficient (Wildman–Crippen LogP) is 2.68. The second-order valence-corrected chi connectivity index (χ2v) is 7.52. The molecule has 9 heteroatoms. The molecule has 0 aliphatic carbocycles. The zero-order valence-electron chi connectivity index (χ0n) is 17.2. The standard InChI is InChI=1S/C23H21N7O2/c31-15-29-9-11-30(12-10-29)22(32)21-14-16-13-17(4-5-18(16)27-21)26-23-25-8-6-20(28-23)19-3-1-2-7-24-19/h1-8,13-15,27H,9-12H2,(H,25,26,28). The van der Waals surface area contributed by atoms with Crippen LogP contribution in [0.3, 0.4) is 0 Å². The van der Waals surface area contributed by atoms with Crippen molar-refractivity contribution in [3.8, 4) is 11.4 Å². The van der Waals surface area contributed by atoms with Crippen LogP contribution in [0.4, 0.5) is 11.6 Å². The number of hydrogen-bond acceptors (Lipinski definition) is 6. The number of rotatable bonds is 5. The predicted molar refractivity (Wildman–Crippen MR) is 120 cm³/mol. The fourth-order valence-electron chi connectivity index (χ4n) is 3.73. The molecule has 5 rings (SSSR count). The summed E-state index contributed by atoms with van der Waals surface area (Å²) in [5.41, 5.74) is 3.72. The number of benzene rings is 1. The minimum atomic E-state index is -0.0624. The lowest BCUT2D eigenvalue weighted by molar-refractivity contribution is -0.119. The second kappa shape index (κ2) is 8.46. The SMILES string of the molecule is O=CN1CCN(C(=O)c2cc3cc(Nc4nccc(-c5ccccn5)n4)ccc3[nH]2)CC1. The summed E-state index contributed by atoms with van der Waals surface area (Å²) >= 11 is 0. The van der Waals surface area contributed by atoms with Gasteiger partial charge in [0.25, 0.3) is 5.91 Å². The summed E-state index contributed by atoms with van der Waals surface area (Å²) in [5.74, 6) is 0.403. The van der Waals surface area contributed by atoms with Crippen molar-refractivity contribution in [2.45, 2.75) is 0 Å². The summed E-state index contributed by atoms with van der Waals surface area (Å²) < 4.78 is 0. The number of carbonyl (C=O) groups excluding carboxylic acids is 2. The Kier molecular flexibility index (Phi) is 5.20. The Hall–Kier alpha value is -4.27. The molecule has 160 valence electrons. The molecule has 4 aromatic rings. The van der Waals surface area contributed by atoms with Crippen LogP contribution in [0.25, 0.3) is 22.3 Å². The van der Waals surface area contributed by atoms with Gasteiger partial charge in [-0.15, -0.1) is 0 Å². The topological polar surface area (TPSA) is 107 Å². The normalized spacial score (nSPS) is 13.9. The van der Waals surface area contributed by atoms with Crippen molar-refractivity contribution >= 4 is 34.9 Å². The van der Waals surface area contributed by atoms with Crippen LogP contribution in [0.2, 0.25) is 0 Å². The highest BCUT2D eigenvalue weighted by atomic mass is 16.2. The summed E-state index contributed by atoms with van der Waals surface area (Å²) in [4.78, 5) is 43.5. The van der Waals surface area contributed by atoms with E-state index in [1.165, 1.54) is 0 Å². The number of anilines is 2. The summed E-state index contributed by atoms with van der Waals surface area (Å²) in [6.07, 6.45) is 4.25. The minimum Gasteiger partial charge on any atom is -0.351 e. The van der Waals surface area contributed by atoms with Crippen molar-refractivity contribution in [3.05, 3.63) is 66.6 Å². The van der Waals surface area contributed by atoms with Crippen LogP contribution in [-0.4, -0.2) is 68.2 Å². The minimum absolute atomic E-state index is 0.0624. The zero-order valence-corrected chi connectivity index (χ0v) is 17.2. The summed E-state index contributed by atoms with van der Waals surface area (Å²) in [6.45, 7) is 2.18. The molecule has 1 fully saturated rings. The molecule has 2 amide bonds. The molecule has 32 heavy (non-hydrogen) atoms. The van der Waals surface area contributed by atoms with Crippen molar-refractivity contribution in [1.29, 1.82) is 0 Å². The van der Waals surface area contributed by atoms with Crippen molar-refractivity contribution in [1.82, 2.24) is 29.7 Å². The van der Waals surface area contributed by atoms with Crippen molar-refractivity contribution in [2.24, 2.45) is 0 Å². The van der Waals surface area contributed by atoms with E-state index in [2.05, 4.69) is 25.3 Å². The number of amides is 2. The molecule has 0 saturated carbocycles. The van der Waals surface area contributed by atoms with Crippen LogP contribution in [0.1, 0.15) is 10.5 Å². The van der Waals surface area contributed by atoms with Crippen LogP contribution in [0.15, 0.2) is 60.9 Å². The maximum Gasteiger partial charge on any atom is 0.270 e. The van der Waals surface area contributed by atoms with E-state index in [1.807, 2.05) is 48.5 Å². The van der Waals surface area contributed by atoms with Gasteiger partial charge < -0.3 is 20.1 Å². The van der Waals surface area contributed by atoms with E-state index in [9.17, 15) is 9.59 Å². The Bertz CT molecular complexity index is 1260. The van der Waals surface area contributed by atoms with E-state index in [0.29, 0.717) is 37.8 Å². The maximum absolute atomic E-state index is 12.9. The molecule has 3 aromatic heterocycles.